The molecule has 0 radical (unpaired) electrons. The maximum atomic E-state index is 11.7. The average Bonchev–Trinajstić information content (AvgIpc) is 2.83. The van der Waals surface area contributed by atoms with Gasteiger partial charge in [-0.3, -0.25) is 4.79 Å². The van der Waals surface area contributed by atoms with Crippen LogP contribution in [0, 0.1) is 24.2 Å². The van der Waals surface area contributed by atoms with Crippen LogP contribution in [0.2, 0.25) is 0 Å². The van der Waals surface area contributed by atoms with E-state index in [1.807, 2.05) is 6.07 Å². The van der Waals surface area contributed by atoms with Gasteiger partial charge in [0.2, 0.25) is 0 Å². The molecule has 0 aromatic heterocycles. The van der Waals surface area contributed by atoms with Gasteiger partial charge in [0, 0.05) is 12.8 Å². The molecule has 0 amide bonds. The Morgan fingerprint density at radius 3 is 2.85 bits per heavy atom. The second-order valence-electron chi connectivity index (χ2n) is 7.01. The first-order chi connectivity index (χ1) is 9.56. The lowest BCUT2D eigenvalue weighted by Crippen LogP contribution is -2.35. The smallest absolute Gasteiger partial charge is 0.309 e. The molecule has 0 spiro atoms. The molecule has 4 rings (SSSR count). The fourth-order valence-corrected chi connectivity index (χ4v) is 4.32. The predicted octanol–water partition coefficient (Wildman–Crippen LogP) is 3.19. The van der Waals surface area contributed by atoms with Crippen molar-refractivity contribution in [2.75, 3.05) is 0 Å². The highest BCUT2D eigenvalue weighted by atomic mass is 16.5. The van der Waals surface area contributed by atoms with Crippen LogP contribution in [0.4, 0.5) is 0 Å². The van der Waals surface area contributed by atoms with Crippen LogP contribution in [0.5, 0.6) is 5.75 Å². The maximum absolute atomic E-state index is 11.7. The summed E-state index contributed by atoms with van der Waals surface area (Å²) < 4.78 is 5.99. The largest absolute Gasteiger partial charge is 0.490 e. The van der Waals surface area contributed by atoms with Gasteiger partial charge in [0.25, 0.3) is 0 Å². The minimum absolute atomic E-state index is 0.0420. The second-order valence-corrected chi connectivity index (χ2v) is 7.01. The first-order valence-electron chi connectivity index (χ1n) is 7.55. The summed E-state index contributed by atoms with van der Waals surface area (Å²) in [5.74, 6) is 1.69. The molecule has 20 heavy (non-hydrogen) atoms. The van der Waals surface area contributed by atoms with Crippen molar-refractivity contribution >= 4 is 5.97 Å². The molecule has 2 saturated carbocycles. The molecule has 1 aliphatic heterocycles. The number of aliphatic carboxylic acids is 1. The lowest BCUT2D eigenvalue weighted by atomic mass is 9.77. The van der Waals surface area contributed by atoms with E-state index in [1.165, 1.54) is 17.5 Å². The van der Waals surface area contributed by atoms with Gasteiger partial charge in [0.05, 0.1) is 5.41 Å². The molecule has 3 unspecified atom stereocenters. The van der Waals surface area contributed by atoms with Crippen LogP contribution in [0.25, 0.3) is 0 Å². The van der Waals surface area contributed by atoms with E-state index in [2.05, 4.69) is 19.1 Å². The molecule has 1 aromatic carbocycles. The third-order valence-electron chi connectivity index (χ3n) is 5.40. The van der Waals surface area contributed by atoms with E-state index in [9.17, 15) is 9.90 Å². The van der Waals surface area contributed by atoms with Crippen molar-refractivity contribution in [1.82, 2.24) is 0 Å². The van der Waals surface area contributed by atoms with Crippen LogP contribution in [0.15, 0.2) is 18.2 Å². The summed E-state index contributed by atoms with van der Waals surface area (Å²) in [7, 11) is 0. The Morgan fingerprint density at radius 2 is 2.15 bits per heavy atom. The van der Waals surface area contributed by atoms with Crippen molar-refractivity contribution in [3.8, 4) is 5.75 Å². The van der Waals surface area contributed by atoms with Crippen molar-refractivity contribution in [2.45, 2.75) is 45.1 Å². The molecule has 3 atom stereocenters. The van der Waals surface area contributed by atoms with E-state index in [1.54, 1.807) is 0 Å². The molecular weight excluding hydrogens is 252 g/mol. The number of rotatable bonds is 3. The highest BCUT2D eigenvalue weighted by Gasteiger charge is 2.58. The zero-order valence-corrected chi connectivity index (χ0v) is 11.8. The maximum Gasteiger partial charge on any atom is 0.309 e. The van der Waals surface area contributed by atoms with Gasteiger partial charge in [-0.2, -0.15) is 0 Å². The Hall–Kier alpha value is -1.51. The topological polar surface area (TPSA) is 46.5 Å². The fraction of sp³-hybridized carbons (Fsp3) is 0.588. The van der Waals surface area contributed by atoms with Crippen LogP contribution in [-0.2, 0) is 11.2 Å². The van der Waals surface area contributed by atoms with Crippen LogP contribution in [0.1, 0.15) is 36.8 Å². The van der Waals surface area contributed by atoms with E-state index in [-0.39, 0.29) is 6.10 Å². The van der Waals surface area contributed by atoms with Gasteiger partial charge in [0.1, 0.15) is 11.9 Å². The van der Waals surface area contributed by atoms with Gasteiger partial charge in [-0.15, -0.1) is 0 Å². The number of hydrogen-bond donors (Lipinski definition) is 1. The third kappa shape index (κ3) is 1.83. The monoisotopic (exact) mass is 272 g/mol. The van der Waals surface area contributed by atoms with Gasteiger partial charge < -0.3 is 9.84 Å². The summed E-state index contributed by atoms with van der Waals surface area (Å²) in [6.07, 6.45) is 4.55. The standard InChI is InChI=1S/C17H20O3/c1-10-2-3-15-11(4-10)6-14(20-15)9-17(16(18)19)7-12-5-13(12)8-17/h2-4,12-14H,5-9H2,1H3,(H,18,19). The van der Waals surface area contributed by atoms with Crippen LogP contribution >= 0.6 is 0 Å². The molecule has 3 aliphatic rings. The number of ether oxygens (including phenoxy) is 1. The Kier molecular flexibility index (Phi) is 2.45. The Bertz CT molecular complexity index is 568. The SMILES string of the molecule is Cc1ccc2c(c1)CC(CC1(C(=O)O)CC3CC3C1)O2. The molecule has 1 N–H and O–H groups in total. The summed E-state index contributed by atoms with van der Waals surface area (Å²) in [5, 5.41) is 9.67. The molecular formula is C17H20O3. The van der Waals surface area contributed by atoms with Crippen molar-refractivity contribution in [3.63, 3.8) is 0 Å². The highest BCUT2D eigenvalue weighted by Crippen LogP contribution is 2.61. The van der Waals surface area contributed by atoms with Gasteiger partial charge in [-0.1, -0.05) is 17.7 Å². The zero-order valence-electron chi connectivity index (χ0n) is 11.8. The van der Waals surface area contributed by atoms with Crippen LogP contribution in [-0.4, -0.2) is 17.2 Å². The zero-order chi connectivity index (χ0) is 13.9. The van der Waals surface area contributed by atoms with Crippen molar-refractivity contribution in [2.24, 2.45) is 17.3 Å². The first-order valence-corrected chi connectivity index (χ1v) is 7.55. The second kappa shape index (κ2) is 4.00. The molecule has 106 valence electrons. The number of fused-ring (bicyclic) bond motifs is 2. The van der Waals surface area contributed by atoms with Crippen molar-refractivity contribution < 1.29 is 14.6 Å². The number of benzene rings is 1. The molecule has 0 bridgehead atoms. The van der Waals surface area contributed by atoms with Crippen molar-refractivity contribution in [3.05, 3.63) is 29.3 Å². The number of carboxylic acid groups (broad SMARTS) is 1. The average molecular weight is 272 g/mol. The molecule has 0 saturated heterocycles. The minimum Gasteiger partial charge on any atom is -0.490 e. The number of carbonyl (C=O) groups is 1. The Balaban J connectivity index is 1.51. The summed E-state index contributed by atoms with van der Waals surface area (Å²) in [6, 6.07) is 6.23. The third-order valence-corrected chi connectivity index (χ3v) is 5.40. The highest BCUT2D eigenvalue weighted by molar-refractivity contribution is 5.75. The first kappa shape index (κ1) is 12.2. The van der Waals surface area contributed by atoms with E-state index in [0.717, 1.165) is 25.0 Å². The quantitative estimate of drug-likeness (QED) is 0.919. The summed E-state index contributed by atoms with van der Waals surface area (Å²) in [5.41, 5.74) is 1.96. The van der Waals surface area contributed by atoms with E-state index >= 15 is 0 Å². The van der Waals surface area contributed by atoms with Gasteiger partial charge in [-0.25, -0.2) is 0 Å². The van der Waals surface area contributed by atoms with Gasteiger partial charge >= 0.3 is 5.97 Å². The fourth-order valence-electron chi connectivity index (χ4n) is 4.32. The number of aryl methyl sites for hydroxylation is 1. The van der Waals surface area contributed by atoms with Crippen LogP contribution in [0.3, 0.4) is 0 Å². The van der Waals surface area contributed by atoms with Crippen molar-refractivity contribution in [1.29, 1.82) is 0 Å². The predicted molar refractivity (Wildman–Crippen MR) is 74.8 cm³/mol. The summed E-state index contributed by atoms with van der Waals surface area (Å²) in [4.78, 5) is 11.7. The summed E-state index contributed by atoms with van der Waals surface area (Å²) >= 11 is 0. The summed E-state index contributed by atoms with van der Waals surface area (Å²) in [6.45, 7) is 2.08. The van der Waals surface area contributed by atoms with Crippen LogP contribution < -0.4 is 4.74 Å². The van der Waals surface area contributed by atoms with Gasteiger partial charge in [-0.05, 0) is 49.7 Å². The molecule has 2 aliphatic carbocycles. The Labute approximate surface area is 118 Å². The lowest BCUT2D eigenvalue weighted by molar-refractivity contribution is -0.151. The molecule has 2 fully saturated rings. The molecule has 3 nitrogen and oxygen atoms in total. The number of carboxylic acids is 1. The number of hydrogen-bond acceptors (Lipinski definition) is 2. The van der Waals surface area contributed by atoms with Gasteiger partial charge in [0.15, 0.2) is 0 Å². The molecule has 3 heteroatoms. The minimum atomic E-state index is -0.611. The Morgan fingerprint density at radius 1 is 1.40 bits per heavy atom. The van der Waals surface area contributed by atoms with E-state index in [4.69, 9.17) is 4.74 Å². The lowest BCUT2D eigenvalue weighted by Gasteiger charge is -2.28. The van der Waals surface area contributed by atoms with E-state index < -0.39 is 11.4 Å². The normalized spacial score (nSPS) is 37.1. The molecule has 1 heterocycles. The van der Waals surface area contributed by atoms with E-state index in [0.29, 0.717) is 18.3 Å². The molecule has 1 aromatic rings.